The molecule has 2 atom stereocenters. The number of nitrogens with two attached hydrogens (primary N) is 1. The Bertz CT molecular complexity index is 605. The van der Waals surface area contributed by atoms with Crippen molar-refractivity contribution in [2.75, 3.05) is 39.3 Å². The third-order valence-electron chi connectivity index (χ3n) is 5.68. The summed E-state index contributed by atoms with van der Waals surface area (Å²) in [5.74, 6) is 0.338. The van der Waals surface area contributed by atoms with Crippen LogP contribution < -0.4 is 10.2 Å². The molecule has 0 saturated carbocycles. The van der Waals surface area contributed by atoms with Crippen molar-refractivity contribution in [1.82, 2.24) is 4.90 Å². The molecule has 2 heterocycles. The fourth-order valence-electron chi connectivity index (χ4n) is 3.90. The molecule has 0 aliphatic carbocycles. The van der Waals surface area contributed by atoms with Gasteiger partial charge in [0, 0.05) is 0 Å². The lowest BCUT2D eigenvalue weighted by Gasteiger charge is -2.28. The van der Waals surface area contributed by atoms with Crippen LogP contribution in [0.3, 0.4) is 0 Å². The van der Waals surface area contributed by atoms with Crippen LogP contribution in [0.5, 0.6) is 0 Å². The number of nitrogens with zero attached hydrogens (tertiary/aromatic N) is 1. The third kappa shape index (κ3) is 4.44. The Morgan fingerprint density at radius 1 is 1.19 bits per heavy atom. The Labute approximate surface area is 162 Å². The van der Waals surface area contributed by atoms with Gasteiger partial charge in [0.05, 0.1) is 18.3 Å². The molecule has 0 radical (unpaired) electrons. The largest absolute Gasteiger partial charge is 0.337 e. The molecule has 2 saturated heterocycles. The van der Waals surface area contributed by atoms with Gasteiger partial charge in [0.15, 0.2) is 0 Å². The number of piperazine rings is 1. The second-order valence-electron chi connectivity index (χ2n) is 8.65. The minimum atomic E-state index is 0.118. The van der Waals surface area contributed by atoms with E-state index in [2.05, 4.69) is 62.2 Å². The second kappa shape index (κ2) is 8.32. The number of nitrogens with one attached hydrogen (secondary N) is 1. The zero-order chi connectivity index (χ0) is 18.7. The predicted octanol–water partition coefficient (Wildman–Crippen LogP) is 0.799. The highest BCUT2D eigenvalue weighted by Crippen LogP contribution is 2.44. The first kappa shape index (κ1) is 19.7. The molecule has 1 amide bonds. The molecule has 5 heteroatoms. The van der Waals surface area contributed by atoms with Crippen molar-refractivity contribution in [3.8, 4) is 0 Å². The molecule has 2 aliphatic rings. The van der Waals surface area contributed by atoms with Gasteiger partial charge in [0.25, 0.3) is 0 Å². The monoisotopic (exact) mass is 377 g/mol. The normalized spacial score (nSPS) is 25.1. The van der Waals surface area contributed by atoms with Crippen LogP contribution in [-0.2, 0) is 10.2 Å². The van der Waals surface area contributed by atoms with Crippen LogP contribution in [0.2, 0.25) is 0 Å². The first-order chi connectivity index (χ1) is 12.4. The number of hydrogen-bond donors (Lipinski definition) is 2. The molecule has 2 aliphatic heterocycles. The van der Waals surface area contributed by atoms with Gasteiger partial charge in [-0.15, -0.1) is 11.8 Å². The molecule has 0 spiro atoms. The highest BCUT2D eigenvalue weighted by Gasteiger charge is 2.40. The number of carbonyl (C=O) groups is 1. The van der Waals surface area contributed by atoms with Crippen LogP contribution in [0, 0.1) is 0 Å². The predicted molar refractivity (Wildman–Crippen MR) is 108 cm³/mol. The number of rotatable bonds is 5. The summed E-state index contributed by atoms with van der Waals surface area (Å²) < 4.78 is 0. The maximum atomic E-state index is 12.9. The molecule has 3 rings (SSSR count). The number of benzene rings is 1. The lowest BCUT2D eigenvalue weighted by molar-refractivity contribution is -0.946. The van der Waals surface area contributed by atoms with E-state index in [1.165, 1.54) is 37.3 Å². The van der Waals surface area contributed by atoms with Crippen LogP contribution in [0.4, 0.5) is 0 Å². The van der Waals surface area contributed by atoms with Crippen molar-refractivity contribution in [3.05, 3.63) is 35.4 Å². The first-order valence-corrected chi connectivity index (χ1v) is 11.1. The van der Waals surface area contributed by atoms with Crippen molar-refractivity contribution in [2.45, 2.75) is 50.2 Å². The van der Waals surface area contributed by atoms with E-state index in [9.17, 15) is 4.79 Å². The maximum absolute atomic E-state index is 12.9. The summed E-state index contributed by atoms with van der Waals surface area (Å²) in [5, 5.41) is 2.69. The molecule has 2 fully saturated rings. The molecule has 4 nitrogen and oxygen atoms in total. The summed E-state index contributed by atoms with van der Waals surface area (Å²) in [7, 11) is 0. The van der Waals surface area contributed by atoms with E-state index in [1.807, 2.05) is 11.8 Å². The number of thioether (sulfide) groups is 1. The minimum absolute atomic E-state index is 0.118. The number of quaternary nitrogens is 2. The van der Waals surface area contributed by atoms with Gasteiger partial charge in [0.1, 0.15) is 31.6 Å². The summed E-state index contributed by atoms with van der Waals surface area (Å²) in [4.78, 5) is 16.7. The average Bonchev–Trinajstić information content (AvgIpc) is 2.96. The Balaban J connectivity index is 1.73. The van der Waals surface area contributed by atoms with Crippen molar-refractivity contribution >= 4 is 17.7 Å². The van der Waals surface area contributed by atoms with Gasteiger partial charge in [0.2, 0.25) is 5.91 Å². The molecule has 0 bridgehead atoms. The first-order valence-electron chi connectivity index (χ1n) is 10.1. The van der Waals surface area contributed by atoms with Gasteiger partial charge < -0.3 is 15.1 Å². The lowest BCUT2D eigenvalue weighted by Crippen LogP contribution is -3.20. The van der Waals surface area contributed by atoms with Gasteiger partial charge in [-0.2, -0.15) is 0 Å². The van der Waals surface area contributed by atoms with E-state index < -0.39 is 0 Å². The Kier molecular flexibility index (Phi) is 6.31. The number of amides is 1. The van der Waals surface area contributed by atoms with Crippen molar-refractivity contribution in [3.63, 3.8) is 0 Å². The van der Waals surface area contributed by atoms with Crippen LogP contribution in [0.1, 0.15) is 50.6 Å². The van der Waals surface area contributed by atoms with Gasteiger partial charge >= 0.3 is 0 Å². The maximum Gasteiger partial charge on any atom is 0.237 e. The van der Waals surface area contributed by atoms with E-state index in [4.69, 9.17) is 0 Å². The van der Waals surface area contributed by atoms with Gasteiger partial charge in [-0.1, -0.05) is 52.0 Å². The molecule has 0 aromatic heterocycles. The minimum Gasteiger partial charge on any atom is -0.337 e. The number of hydrogen-bond acceptors (Lipinski definition) is 2. The molecular weight excluding hydrogens is 342 g/mol. The Morgan fingerprint density at radius 3 is 2.42 bits per heavy atom. The molecule has 0 unspecified atom stereocenters. The van der Waals surface area contributed by atoms with Crippen molar-refractivity contribution in [1.29, 1.82) is 0 Å². The molecule has 3 N–H and O–H groups in total. The van der Waals surface area contributed by atoms with E-state index in [0.29, 0.717) is 5.91 Å². The molecule has 26 heavy (non-hydrogen) atoms. The number of carbonyl (C=O) groups excluding carboxylic acids is 1. The molecule has 1 aromatic rings. The van der Waals surface area contributed by atoms with E-state index in [0.717, 1.165) is 19.5 Å². The van der Waals surface area contributed by atoms with E-state index in [-0.39, 0.29) is 16.0 Å². The zero-order valence-corrected chi connectivity index (χ0v) is 17.6. The third-order valence-corrected chi connectivity index (χ3v) is 7.33. The van der Waals surface area contributed by atoms with Crippen molar-refractivity contribution < 1.29 is 15.0 Å². The highest BCUT2D eigenvalue weighted by atomic mass is 32.2. The standard InChI is InChI=1S/C21H33N3OS/c1-5-18-19(25)24(15-14-23-12-10-22-11-13-23)20(26-18)16-6-8-17(9-7-16)21(2,3)4/h6-9,18,20,22H,5,10-15H2,1-4H3/p+2/t18-,20-/m0/s1. The molecule has 144 valence electrons. The smallest absolute Gasteiger partial charge is 0.237 e. The summed E-state index contributed by atoms with van der Waals surface area (Å²) in [5.41, 5.74) is 2.79. The second-order valence-corrected chi connectivity index (χ2v) is 9.94. The molecular formula is C21H35N3OS+2. The van der Waals surface area contributed by atoms with Crippen LogP contribution in [-0.4, -0.2) is 55.3 Å². The molecule has 1 aromatic carbocycles. The van der Waals surface area contributed by atoms with E-state index >= 15 is 0 Å². The fraction of sp³-hybridized carbons (Fsp3) is 0.667. The van der Waals surface area contributed by atoms with Gasteiger partial charge in [-0.3, -0.25) is 4.79 Å². The topological polar surface area (TPSA) is 41.4 Å². The Hall–Kier alpha value is -1.04. The summed E-state index contributed by atoms with van der Waals surface area (Å²) in [6.45, 7) is 15.7. The summed E-state index contributed by atoms with van der Waals surface area (Å²) in [6.07, 6.45) is 0.919. The quantitative estimate of drug-likeness (QED) is 0.797. The van der Waals surface area contributed by atoms with Crippen molar-refractivity contribution in [2.24, 2.45) is 0 Å². The van der Waals surface area contributed by atoms with Gasteiger partial charge in [-0.05, 0) is 23.0 Å². The zero-order valence-electron chi connectivity index (χ0n) is 16.8. The average molecular weight is 378 g/mol. The lowest BCUT2D eigenvalue weighted by atomic mass is 9.86. The fourth-order valence-corrected chi connectivity index (χ4v) is 5.33. The van der Waals surface area contributed by atoms with Gasteiger partial charge in [-0.25, -0.2) is 0 Å². The Morgan fingerprint density at radius 2 is 1.85 bits per heavy atom. The van der Waals surface area contributed by atoms with Crippen LogP contribution >= 0.6 is 11.8 Å². The summed E-state index contributed by atoms with van der Waals surface area (Å²) >= 11 is 1.84. The summed E-state index contributed by atoms with van der Waals surface area (Å²) in [6, 6.07) is 8.95. The van der Waals surface area contributed by atoms with E-state index in [1.54, 1.807) is 4.90 Å². The van der Waals surface area contributed by atoms with Crippen LogP contribution in [0.15, 0.2) is 24.3 Å². The highest BCUT2D eigenvalue weighted by molar-refractivity contribution is 8.01. The SMILES string of the molecule is CC[C@@H]1S[C@@H](c2ccc(C(C)(C)C)cc2)N(CC[NH+]2CC[NH2+]CC2)C1=O. The van der Waals surface area contributed by atoms with Crippen LogP contribution in [0.25, 0.3) is 0 Å².